The zero-order chi connectivity index (χ0) is 9.14. The van der Waals surface area contributed by atoms with Crippen molar-refractivity contribution in [2.24, 2.45) is 5.92 Å². The van der Waals surface area contributed by atoms with Gasteiger partial charge in [0.15, 0.2) is 0 Å². The summed E-state index contributed by atoms with van der Waals surface area (Å²) in [5, 5.41) is 9.52. The molecule has 2 nitrogen and oxygen atoms in total. The van der Waals surface area contributed by atoms with Gasteiger partial charge in [-0.2, -0.15) is 0 Å². The maximum atomic E-state index is 9.52. The lowest BCUT2D eigenvalue weighted by atomic mass is 9.95. The molecule has 0 bridgehead atoms. The SMILES string of the molecule is CCC(C)N1CCC(O)C(C)C1. The molecule has 72 valence electrons. The van der Waals surface area contributed by atoms with Crippen molar-refractivity contribution >= 4 is 0 Å². The molecule has 0 saturated carbocycles. The Balaban J connectivity index is 2.39. The molecule has 0 aliphatic carbocycles. The summed E-state index contributed by atoms with van der Waals surface area (Å²) in [7, 11) is 0. The van der Waals surface area contributed by atoms with Crippen molar-refractivity contribution < 1.29 is 5.11 Å². The number of rotatable bonds is 2. The second-order valence-corrected chi connectivity index (χ2v) is 4.09. The Morgan fingerprint density at radius 3 is 2.75 bits per heavy atom. The molecule has 1 aliphatic heterocycles. The van der Waals surface area contributed by atoms with Crippen LogP contribution in [0.4, 0.5) is 0 Å². The minimum Gasteiger partial charge on any atom is -0.393 e. The lowest BCUT2D eigenvalue weighted by Crippen LogP contribution is -2.45. The zero-order valence-corrected chi connectivity index (χ0v) is 8.45. The topological polar surface area (TPSA) is 23.5 Å². The Hall–Kier alpha value is -0.0800. The van der Waals surface area contributed by atoms with Crippen LogP contribution < -0.4 is 0 Å². The molecule has 3 atom stereocenters. The van der Waals surface area contributed by atoms with E-state index in [1.54, 1.807) is 0 Å². The lowest BCUT2D eigenvalue weighted by molar-refractivity contribution is 0.0197. The molecule has 3 unspecified atom stereocenters. The van der Waals surface area contributed by atoms with Gasteiger partial charge in [0.25, 0.3) is 0 Å². The number of nitrogens with zero attached hydrogens (tertiary/aromatic N) is 1. The minimum absolute atomic E-state index is 0.0645. The second-order valence-electron chi connectivity index (χ2n) is 4.09. The Labute approximate surface area is 75.6 Å². The van der Waals surface area contributed by atoms with Gasteiger partial charge in [0, 0.05) is 19.1 Å². The van der Waals surface area contributed by atoms with Gasteiger partial charge < -0.3 is 10.0 Å². The first kappa shape index (κ1) is 10.0. The van der Waals surface area contributed by atoms with E-state index in [9.17, 15) is 5.11 Å². The largest absolute Gasteiger partial charge is 0.393 e. The van der Waals surface area contributed by atoms with E-state index in [4.69, 9.17) is 0 Å². The fraction of sp³-hybridized carbons (Fsp3) is 1.00. The molecule has 1 N–H and O–H groups in total. The van der Waals surface area contributed by atoms with Gasteiger partial charge in [-0.15, -0.1) is 0 Å². The van der Waals surface area contributed by atoms with Crippen molar-refractivity contribution in [2.45, 2.75) is 45.8 Å². The fourth-order valence-corrected chi connectivity index (χ4v) is 1.82. The van der Waals surface area contributed by atoms with E-state index in [-0.39, 0.29) is 6.10 Å². The van der Waals surface area contributed by atoms with Gasteiger partial charge in [-0.3, -0.25) is 0 Å². The van der Waals surface area contributed by atoms with Crippen LogP contribution >= 0.6 is 0 Å². The van der Waals surface area contributed by atoms with E-state index in [0.717, 1.165) is 19.5 Å². The standard InChI is InChI=1S/C10H21NO/c1-4-9(3)11-6-5-10(12)8(2)7-11/h8-10,12H,4-7H2,1-3H3. The molecular formula is C10H21NO. The number of aliphatic hydroxyl groups is 1. The predicted octanol–water partition coefficient (Wildman–Crippen LogP) is 1.49. The molecule has 0 aromatic carbocycles. The average Bonchev–Trinajstić information content (AvgIpc) is 2.08. The summed E-state index contributed by atoms with van der Waals surface area (Å²) in [6.07, 6.45) is 2.10. The molecule has 1 rings (SSSR count). The monoisotopic (exact) mass is 171 g/mol. The molecule has 0 aromatic heterocycles. The Morgan fingerprint density at radius 1 is 1.58 bits per heavy atom. The van der Waals surface area contributed by atoms with Gasteiger partial charge in [0.05, 0.1) is 6.10 Å². The van der Waals surface area contributed by atoms with Gasteiger partial charge in [-0.25, -0.2) is 0 Å². The van der Waals surface area contributed by atoms with Crippen molar-refractivity contribution in [3.8, 4) is 0 Å². The van der Waals surface area contributed by atoms with Gasteiger partial charge in [-0.1, -0.05) is 13.8 Å². The third-order valence-corrected chi connectivity index (χ3v) is 3.11. The van der Waals surface area contributed by atoms with Crippen LogP contribution in [-0.4, -0.2) is 35.2 Å². The lowest BCUT2D eigenvalue weighted by Gasteiger charge is -2.37. The number of likely N-dealkylation sites (tertiary alicyclic amines) is 1. The second kappa shape index (κ2) is 4.24. The van der Waals surface area contributed by atoms with E-state index < -0.39 is 0 Å². The first-order valence-electron chi connectivity index (χ1n) is 5.07. The molecule has 0 aromatic rings. The highest BCUT2D eigenvalue weighted by atomic mass is 16.3. The van der Waals surface area contributed by atoms with Crippen LogP contribution in [0.1, 0.15) is 33.6 Å². The van der Waals surface area contributed by atoms with E-state index in [2.05, 4.69) is 25.7 Å². The summed E-state index contributed by atoms with van der Waals surface area (Å²) in [5.74, 6) is 0.452. The zero-order valence-electron chi connectivity index (χ0n) is 8.45. The summed E-state index contributed by atoms with van der Waals surface area (Å²) in [6.45, 7) is 8.76. The van der Waals surface area contributed by atoms with Crippen molar-refractivity contribution in [1.29, 1.82) is 0 Å². The molecule has 1 aliphatic rings. The molecule has 2 heteroatoms. The van der Waals surface area contributed by atoms with E-state index in [1.807, 2.05) is 0 Å². The normalized spacial score (nSPS) is 35.0. The van der Waals surface area contributed by atoms with E-state index in [1.165, 1.54) is 6.42 Å². The quantitative estimate of drug-likeness (QED) is 0.680. The Morgan fingerprint density at radius 2 is 2.25 bits per heavy atom. The highest BCUT2D eigenvalue weighted by Gasteiger charge is 2.25. The van der Waals surface area contributed by atoms with Crippen molar-refractivity contribution in [3.05, 3.63) is 0 Å². The van der Waals surface area contributed by atoms with Crippen molar-refractivity contribution in [2.75, 3.05) is 13.1 Å². The van der Waals surface area contributed by atoms with Crippen LogP contribution in [0.15, 0.2) is 0 Å². The van der Waals surface area contributed by atoms with Gasteiger partial charge in [0.1, 0.15) is 0 Å². The van der Waals surface area contributed by atoms with Crippen molar-refractivity contribution in [1.82, 2.24) is 4.90 Å². The summed E-state index contributed by atoms with van der Waals surface area (Å²) in [6, 6.07) is 0.681. The number of piperidine rings is 1. The van der Waals surface area contributed by atoms with Crippen LogP contribution in [0.5, 0.6) is 0 Å². The van der Waals surface area contributed by atoms with E-state index in [0.29, 0.717) is 12.0 Å². The van der Waals surface area contributed by atoms with Crippen LogP contribution in [0.3, 0.4) is 0 Å². The Bertz CT molecular complexity index is 138. The van der Waals surface area contributed by atoms with Crippen LogP contribution in [0, 0.1) is 5.92 Å². The maximum Gasteiger partial charge on any atom is 0.0590 e. The van der Waals surface area contributed by atoms with Crippen molar-refractivity contribution in [3.63, 3.8) is 0 Å². The number of hydrogen-bond donors (Lipinski definition) is 1. The maximum absolute atomic E-state index is 9.52. The smallest absolute Gasteiger partial charge is 0.0590 e. The van der Waals surface area contributed by atoms with Crippen LogP contribution in [-0.2, 0) is 0 Å². The first-order chi connectivity index (χ1) is 5.65. The summed E-state index contributed by atoms with van der Waals surface area (Å²) < 4.78 is 0. The third kappa shape index (κ3) is 2.20. The van der Waals surface area contributed by atoms with Crippen LogP contribution in [0.25, 0.3) is 0 Å². The number of hydrogen-bond acceptors (Lipinski definition) is 2. The average molecular weight is 171 g/mol. The molecule has 0 spiro atoms. The van der Waals surface area contributed by atoms with Gasteiger partial charge >= 0.3 is 0 Å². The molecule has 0 amide bonds. The Kier molecular flexibility index (Phi) is 3.53. The molecule has 0 radical (unpaired) electrons. The molecule has 1 heterocycles. The van der Waals surface area contributed by atoms with Gasteiger partial charge in [0.2, 0.25) is 0 Å². The molecular weight excluding hydrogens is 150 g/mol. The number of aliphatic hydroxyl groups excluding tert-OH is 1. The fourth-order valence-electron chi connectivity index (χ4n) is 1.82. The summed E-state index contributed by atoms with van der Waals surface area (Å²) >= 11 is 0. The predicted molar refractivity (Wildman–Crippen MR) is 51.1 cm³/mol. The highest BCUT2D eigenvalue weighted by molar-refractivity contribution is 4.79. The first-order valence-corrected chi connectivity index (χ1v) is 5.07. The molecule has 12 heavy (non-hydrogen) atoms. The minimum atomic E-state index is -0.0645. The third-order valence-electron chi connectivity index (χ3n) is 3.11. The van der Waals surface area contributed by atoms with Crippen LogP contribution in [0.2, 0.25) is 0 Å². The van der Waals surface area contributed by atoms with E-state index >= 15 is 0 Å². The highest BCUT2D eigenvalue weighted by Crippen LogP contribution is 2.19. The molecule has 1 saturated heterocycles. The van der Waals surface area contributed by atoms with Gasteiger partial charge in [-0.05, 0) is 25.7 Å². The molecule has 1 fully saturated rings. The summed E-state index contributed by atoms with van der Waals surface area (Å²) in [4.78, 5) is 2.48. The summed E-state index contributed by atoms with van der Waals surface area (Å²) in [5.41, 5.74) is 0.